The van der Waals surface area contributed by atoms with E-state index in [-0.39, 0.29) is 0 Å². The highest BCUT2D eigenvalue weighted by molar-refractivity contribution is 5.74. The Kier molecular flexibility index (Phi) is 3.66. The Morgan fingerprint density at radius 2 is 2.43 bits per heavy atom. The Balaban J connectivity index is 2.75. The van der Waals surface area contributed by atoms with E-state index < -0.39 is 24.1 Å². The smallest absolute Gasteiger partial charge is 0.312 e. The molecule has 0 saturated carbocycles. The maximum Gasteiger partial charge on any atom is 0.312 e. The standard InChI is InChI=1S/C10H16O4/c1-2-14-9(12)8-5-3-4-6-10(8,13)7-11/h4,6,8,11,13H,2-3,5,7H2,1H3/t8?,10-/m0/s1. The molecule has 4 heteroatoms. The molecule has 0 radical (unpaired) electrons. The predicted octanol–water partition coefficient (Wildman–Crippen LogP) is 0.239. The van der Waals surface area contributed by atoms with Gasteiger partial charge in [0, 0.05) is 0 Å². The number of hydrogen-bond donors (Lipinski definition) is 2. The zero-order chi connectivity index (χ0) is 10.6. The van der Waals surface area contributed by atoms with Crippen LogP contribution in [0.1, 0.15) is 19.8 Å². The van der Waals surface area contributed by atoms with Gasteiger partial charge in [0.2, 0.25) is 0 Å². The molecule has 0 aromatic carbocycles. The van der Waals surface area contributed by atoms with Gasteiger partial charge in [-0.05, 0) is 19.8 Å². The summed E-state index contributed by atoms with van der Waals surface area (Å²) in [5.74, 6) is -1.08. The quantitative estimate of drug-likeness (QED) is 0.506. The molecule has 0 aromatic rings. The first-order valence-electron chi connectivity index (χ1n) is 4.81. The lowest BCUT2D eigenvalue weighted by molar-refractivity contribution is -0.158. The molecule has 0 heterocycles. The van der Waals surface area contributed by atoms with Gasteiger partial charge in [0.25, 0.3) is 0 Å². The number of carbonyl (C=O) groups excluding carboxylic acids is 1. The van der Waals surface area contributed by atoms with Crippen LogP contribution in [0.2, 0.25) is 0 Å². The summed E-state index contributed by atoms with van der Waals surface area (Å²) in [4.78, 5) is 11.4. The van der Waals surface area contributed by atoms with Crippen molar-refractivity contribution < 1.29 is 19.7 Å². The average Bonchev–Trinajstić information content (AvgIpc) is 2.19. The Hall–Kier alpha value is -0.870. The molecule has 1 rings (SSSR count). The molecule has 0 saturated heterocycles. The fourth-order valence-corrected chi connectivity index (χ4v) is 1.64. The maximum atomic E-state index is 11.4. The Labute approximate surface area is 83.2 Å². The second kappa shape index (κ2) is 4.57. The predicted molar refractivity (Wildman–Crippen MR) is 50.5 cm³/mol. The van der Waals surface area contributed by atoms with Crippen molar-refractivity contribution in [3.63, 3.8) is 0 Å². The van der Waals surface area contributed by atoms with Crippen LogP contribution in [0.25, 0.3) is 0 Å². The van der Waals surface area contributed by atoms with E-state index in [4.69, 9.17) is 9.84 Å². The summed E-state index contributed by atoms with van der Waals surface area (Å²) < 4.78 is 4.83. The van der Waals surface area contributed by atoms with Gasteiger partial charge >= 0.3 is 5.97 Å². The monoisotopic (exact) mass is 200 g/mol. The third-order valence-corrected chi connectivity index (χ3v) is 2.46. The molecule has 0 spiro atoms. The zero-order valence-electron chi connectivity index (χ0n) is 8.27. The van der Waals surface area contributed by atoms with Crippen molar-refractivity contribution in [1.29, 1.82) is 0 Å². The average molecular weight is 200 g/mol. The summed E-state index contributed by atoms with van der Waals surface area (Å²) in [7, 11) is 0. The highest BCUT2D eigenvalue weighted by Gasteiger charge is 2.41. The SMILES string of the molecule is CCOC(=O)C1CCC=C[C@]1(O)CO. The first-order valence-corrected chi connectivity index (χ1v) is 4.81. The molecule has 14 heavy (non-hydrogen) atoms. The van der Waals surface area contributed by atoms with E-state index >= 15 is 0 Å². The number of carbonyl (C=O) groups is 1. The van der Waals surface area contributed by atoms with Crippen molar-refractivity contribution >= 4 is 5.97 Å². The first kappa shape index (κ1) is 11.2. The zero-order valence-corrected chi connectivity index (χ0v) is 8.27. The fraction of sp³-hybridized carbons (Fsp3) is 0.700. The lowest BCUT2D eigenvalue weighted by Gasteiger charge is -2.32. The molecular formula is C10H16O4. The van der Waals surface area contributed by atoms with E-state index in [1.54, 1.807) is 13.0 Å². The summed E-state index contributed by atoms with van der Waals surface area (Å²) in [5.41, 5.74) is -1.44. The molecule has 2 N–H and O–H groups in total. The summed E-state index contributed by atoms with van der Waals surface area (Å²) in [6, 6.07) is 0. The number of aliphatic hydroxyl groups is 2. The van der Waals surface area contributed by atoms with Gasteiger partial charge in [-0.15, -0.1) is 0 Å². The van der Waals surface area contributed by atoms with Crippen LogP contribution in [0.4, 0.5) is 0 Å². The summed E-state index contributed by atoms with van der Waals surface area (Å²) >= 11 is 0. The molecule has 0 amide bonds. The topological polar surface area (TPSA) is 66.8 Å². The van der Waals surface area contributed by atoms with Crippen LogP contribution < -0.4 is 0 Å². The van der Waals surface area contributed by atoms with Gasteiger partial charge < -0.3 is 14.9 Å². The van der Waals surface area contributed by atoms with Crippen molar-refractivity contribution in [2.24, 2.45) is 5.92 Å². The second-order valence-corrected chi connectivity index (χ2v) is 3.43. The van der Waals surface area contributed by atoms with Crippen LogP contribution in [-0.4, -0.2) is 35.0 Å². The van der Waals surface area contributed by atoms with Crippen molar-refractivity contribution in [2.45, 2.75) is 25.4 Å². The number of ether oxygens (including phenoxy) is 1. The Bertz CT molecular complexity index is 236. The van der Waals surface area contributed by atoms with E-state index in [9.17, 15) is 9.90 Å². The Morgan fingerprint density at radius 3 is 3.00 bits per heavy atom. The van der Waals surface area contributed by atoms with Crippen LogP contribution in [0.3, 0.4) is 0 Å². The number of rotatable bonds is 3. The van der Waals surface area contributed by atoms with Crippen molar-refractivity contribution in [1.82, 2.24) is 0 Å². The van der Waals surface area contributed by atoms with Gasteiger partial charge in [-0.2, -0.15) is 0 Å². The van der Waals surface area contributed by atoms with E-state index in [2.05, 4.69) is 0 Å². The number of allylic oxidation sites excluding steroid dienone is 1. The van der Waals surface area contributed by atoms with E-state index in [0.717, 1.165) is 6.42 Å². The highest BCUT2D eigenvalue weighted by Crippen LogP contribution is 2.29. The molecule has 4 nitrogen and oxygen atoms in total. The number of aliphatic hydroxyl groups excluding tert-OH is 1. The van der Waals surface area contributed by atoms with Crippen molar-refractivity contribution in [2.75, 3.05) is 13.2 Å². The molecular weight excluding hydrogens is 184 g/mol. The van der Waals surface area contributed by atoms with Crippen LogP contribution in [0.15, 0.2) is 12.2 Å². The number of hydrogen-bond acceptors (Lipinski definition) is 4. The fourth-order valence-electron chi connectivity index (χ4n) is 1.64. The van der Waals surface area contributed by atoms with Gasteiger partial charge in [-0.3, -0.25) is 4.79 Å². The molecule has 2 atom stereocenters. The summed E-state index contributed by atoms with van der Waals surface area (Å²) in [6.45, 7) is 1.56. The molecule has 0 aromatic heterocycles. The molecule has 1 unspecified atom stereocenters. The van der Waals surface area contributed by atoms with Crippen molar-refractivity contribution in [3.05, 3.63) is 12.2 Å². The summed E-state index contributed by atoms with van der Waals surface area (Å²) in [5, 5.41) is 18.9. The Morgan fingerprint density at radius 1 is 1.71 bits per heavy atom. The second-order valence-electron chi connectivity index (χ2n) is 3.43. The molecule has 80 valence electrons. The van der Waals surface area contributed by atoms with Gasteiger partial charge in [-0.25, -0.2) is 0 Å². The van der Waals surface area contributed by atoms with E-state index in [0.29, 0.717) is 13.0 Å². The van der Waals surface area contributed by atoms with Crippen LogP contribution in [0.5, 0.6) is 0 Å². The van der Waals surface area contributed by atoms with Gasteiger partial charge in [0.1, 0.15) is 5.60 Å². The summed E-state index contributed by atoms with van der Waals surface area (Å²) in [6.07, 6.45) is 4.50. The third-order valence-electron chi connectivity index (χ3n) is 2.46. The van der Waals surface area contributed by atoms with Gasteiger partial charge in [-0.1, -0.05) is 12.2 Å². The number of esters is 1. The van der Waals surface area contributed by atoms with Crippen molar-refractivity contribution in [3.8, 4) is 0 Å². The molecule has 0 aliphatic heterocycles. The van der Waals surface area contributed by atoms with Gasteiger partial charge in [0.05, 0.1) is 19.1 Å². The molecule has 1 aliphatic carbocycles. The highest BCUT2D eigenvalue weighted by atomic mass is 16.5. The van der Waals surface area contributed by atoms with Crippen LogP contribution in [-0.2, 0) is 9.53 Å². The minimum absolute atomic E-state index is 0.292. The van der Waals surface area contributed by atoms with Crippen LogP contribution in [0, 0.1) is 5.92 Å². The van der Waals surface area contributed by atoms with Crippen LogP contribution >= 0.6 is 0 Å². The van der Waals surface area contributed by atoms with E-state index in [1.165, 1.54) is 6.08 Å². The largest absolute Gasteiger partial charge is 0.466 e. The molecule has 0 bridgehead atoms. The van der Waals surface area contributed by atoms with Gasteiger partial charge in [0.15, 0.2) is 0 Å². The normalized spacial score (nSPS) is 31.5. The third kappa shape index (κ3) is 2.13. The van der Waals surface area contributed by atoms with E-state index in [1.807, 2.05) is 0 Å². The lowest BCUT2D eigenvalue weighted by atomic mass is 9.80. The molecule has 0 fully saturated rings. The maximum absolute atomic E-state index is 11.4. The molecule has 1 aliphatic rings. The first-order chi connectivity index (χ1) is 6.64. The minimum atomic E-state index is -1.44. The lowest BCUT2D eigenvalue weighted by Crippen LogP contribution is -2.46. The minimum Gasteiger partial charge on any atom is -0.466 e.